The molecule has 0 saturated heterocycles. The van der Waals surface area contributed by atoms with E-state index in [0.717, 1.165) is 14.7 Å². The molecule has 28 heavy (non-hydrogen) atoms. The highest BCUT2D eigenvalue weighted by Crippen LogP contribution is 2.31. The van der Waals surface area contributed by atoms with Crippen LogP contribution in [0, 0.1) is 5.82 Å². The molecular weight excluding hydrogens is 469 g/mol. The number of anilines is 1. The van der Waals surface area contributed by atoms with E-state index < -0.39 is 5.82 Å². The molecule has 0 radical (unpaired) electrons. The van der Waals surface area contributed by atoms with Gasteiger partial charge in [-0.15, -0.1) is 12.4 Å². The van der Waals surface area contributed by atoms with Gasteiger partial charge in [-0.25, -0.2) is 9.37 Å². The second kappa shape index (κ2) is 10.2. The third kappa shape index (κ3) is 5.64. The number of amides is 1. The van der Waals surface area contributed by atoms with Crippen LogP contribution in [0.25, 0.3) is 10.2 Å². The van der Waals surface area contributed by atoms with Crippen LogP contribution in [-0.4, -0.2) is 49.6 Å². The van der Waals surface area contributed by atoms with Crippen LogP contribution in [0.3, 0.4) is 0 Å². The lowest BCUT2D eigenvalue weighted by Crippen LogP contribution is -2.39. The smallest absolute Gasteiger partial charge is 0.266 e. The average molecular weight is 489 g/mol. The topological polar surface area (TPSA) is 45.7 Å². The van der Waals surface area contributed by atoms with Crippen molar-refractivity contribution in [2.45, 2.75) is 0 Å². The highest BCUT2D eigenvalue weighted by atomic mass is 79.9. The Morgan fingerprint density at radius 1 is 1.21 bits per heavy atom. The molecule has 0 saturated carbocycles. The normalized spacial score (nSPS) is 10.8. The molecule has 150 valence electrons. The molecule has 5 nitrogen and oxygen atoms in total. The predicted octanol–water partition coefficient (Wildman–Crippen LogP) is 4.59. The molecule has 0 aliphatic rings. The van der Waals surface area contributed by atoms with Gasteiger partial charge in [-0.2, -0.15) is 0 Å². The molecule has 1 amide bonds. The number of nitrogens with zero attached hydrogens (tertiary/aromatic N) is 3. The van der Waals surface area contributed by atoms with Crippen molar-refractivity contribution in [1.29, 1.82) is 0 Å². The maximum Gasteiger partial charge on any atom is 0.266 e. The molecule has 9 heteroatoms. The third-order valence-electron chi connectivity index (χ3n) is 3.83. The molecule has 0 fully saturated rings. The first-order chi connectivity index (χ1) is 12.9. The van der Waals surface area contributed by atoms with E-state index in [-0.39, 0.29) is 30.7 Å². The number of para-hydroxylation sites is 1. The Hall–Kier alpha value is -1.74. The summed E-state index contributed by atoms with van der Waals surface area (Å²) in [5, 5.41) is 0.604. The number of thiazole rings is 1. The van der Waals surface area contributed by atoms with E-state index in [1.54, 1.807) is 17.0 Å². The molecule has 0 aliphatic carbocycles. The maximum atomic E-state index is 13.7. The van der Waals surface area contributed by atoms with Crippen molar-refractivity contribution in [3.05, 3.63) is 52.8 Å². The molecule has 3 aromatic rings. The van der Waals surface area contributed by atoms with Crippen LogP contribution in [-0.2, 0) is 4.79 Å². The Morgan fingerprint density at radius 2 is 1.96 bits per heavy atom. The summed E-state index contributed by atoms with van der Waals surface area (Å²) in [5.41, 5.74) is 0.830. The van der Waals surface area contributed by atoms with Gasteiger partial charge in [0, 0.05) is 17.6 Å². The minimum absolute atomic E-state index is 0. The van der Waals surface area contributed by atoms with Crippen LogP contribution in [0.15, 0.2) is 46.9 Å². The third-order valence-corrected chi connectivity index (χ3v) is 5.36. The van der Waals surface area contributed by atoms with Gasteiger partial charge in [0.05, 0.1) is 10.2 Å². The van der Waals surface area contributed by atoms with Crippen molar-refractivity contribution in [2.24, 2.45) is 0 Å². The molecule has 3 rings (SSSR count). The molecule has 0 N–H and O–H groups in total. The zero-order chi connectivity index (χ0) is 19.4. The van der Waals surface area contributed by atoms with Crippen molar-refractivity contribution >= 4 is 60.9 Å². The molecule has 0 bridgehead atoms. The van der Waals surface area contributed by atoms with Crippen molar-refractivity contribution in [3.63, 3.8) is 0 Å². The number of carbonyl (C=O) groups is 1. The number of fused-ring (bicyclic) bond motifs is 1. The van der Waals surface area contributed by atoms with Crippen LogP contribution in [0.1, 0.15) is 0 Å². The molecule has 1 heterocycles. The Kier molecular flexibility index (Phi) is 8.18. The van der Waals surface area contributed by atoms with Crippen LogP contribution >= 0.6 is 39.7 Å². The van der Waals surface area contributed by atoms with E-state index in [1.165, 1.54) is 23.5 Å². The fourth-order valence-electron chi connectivity index (χ4n) is 2.41. The number of carbonyl (C=O) groups excluding carboxylic acids is 1. The second-order valence-corrected chi connectivity index (χ2v) is 8.10. The minimum atomic E-state index is -0.491. The summed E-state index contributed by atoms with van der Waals surface area (Å²) >= 11 is 4.89. The van der Waals surface area contributed by atoms with Gasteiger partial charge < -0.3 is 9.64 Å². The highest BCUT2D eigenvalue weighted by molar-refractivity contribution is 9.10. The van der Waals surface area contributed by atoms with Crippen molar-refractivity contribution < 1.29 is 13.9 Å². The molecule has 0 unspecified atom stereocenters. The van der Waals surface area contributed by atoms with Crippen LogP contribution in [0.5, 0.6) is 5.75 Å². The zero-order valence-electron chi connectivity index (χ0n) is 15.4. The zero-order valence-corrected chi connectivity index (χ0v) is 18.6. The fraction of sp³-hybridized carbons (Fsp3) is 0.263. The predicted molar refractivity (Wildman–Crippen MR) is 117 cm³/mol. The van der Waals surface area contributed by atoms with Gasteiger partial charge in [0.25, 0.3) is 5.91 Å². The van der Waals surface area contributed by atoms with E-state index in [0.29, 0.717) is 18.2 Å². The number of rotatable bonds is 7. The van der Waals surface area contributed by atoms with Crippen molar-refractivity contribution in [1.82, 2.24) is 9.88 Å². The number of benzene rings is 2. The van der Waals surface area contributed by atoms with Gasteiger partial charge in [-0.1, -0.05) is 39.4 Å². The Labute approximate surface area is 181 Å². The lowest BCUT2D eigenvalue weighted by atomic mass is 10.3. The number of likely N-dealkylation sites (N-methyl/N-ethyl adjacent to an activating group) is 1. The summed E-state index contributed by atoms with van der Waals surface area (Å²) in [4.78, 5) is 21.0. The number of ether oxygens (including phenoxy) is 1. The molecule has 0 atom stereocenters. The molecule has 0 aliphatic heterocycles. The number of aromatic nitrogens is 1. The Balaban J connectivity index is 0.00000280. The summed E-state index contributed by atoms with van der Waals surface area (Å²) in [5.74, 6) is -0.695. The Bertz CT molecular complexity index is 954. The number of hydrogen-bond donors (Lipinski definition) is 0. The standard InChI is InChI=1S/C19H19BrFN3O2S.ClH/c1-23(2)9-10-24(18(25)12-26-16-6-4-3-5-14(16)21)19-22-15-8-7-13(20)11-17(15)27-19;/h3-8,11H,9-10,12H2,1-2H3;1H. The quantitative estimate of drug-likeness (QED) is 0.488. The highest BCUT2D eigenvalue weighted by Gasteiger charge is 2.21. The monoisotopic (exact) mass is 487 g/mol. The first kappa shape index (κ1) is 22.5. The van der Waals surface area contributed by atoms with Crippen molar-refractivity contribution in [3.8, 4) is 5.75 Å². The lowest BCUT2D eigenvalue weighted by Gasteiger charge is -2.22. The molecular formula is C19H20BrClFN3O2S. The molecule has 0 spiro atoms. The van der Waals surface area contributed by atoms with Gasteiger partial charge in [0.2, 0.25) is 0 Å². The summed E-state index contributed by atoms with van der Waals surface area (Å²) in [7, 11) is 3.88. The van der Waals surface area contributed by atoms with Gasteiger partial charge in [0.15, 0.2) is 23.3 Å². The SMILES string of the molecule is CN(C)CCN(C(=O)COc1ccccc1F)c1nc2ccc(Br)cc2s1.Cl. The first-order valence-corrected chi connectivity index (χ1v) is 9.93. The van der Waals surface area contributed by atoms with E-state index >= 15 is 0 Å². The summed E-state index contributed by atoms with van der Waals surface area (Å²) < 4.78 is 21.1. The maximum absolute atomic E-state index is 13.7. The van der Waals surface area contributed by atoms with Gasteiger partial charge in [-0.3, -0.25) is 9.69 Å². The minimum Gasteiger partial charge on any atom is -0.481 e. The number of halogens is 3. The van der Waals surface area contributed by atoms with Gasteiger partial charge >= 0.3 is 0 Å². The largest absolute Gasteiger partial charge is 0.481 e. The van der Waals surface area contributed by atoms with Crippen LogP contribution in [0.2, 0.25) is 0 Å². The second-order valence-electron chi connectivity index (χ2n) is 6.18. The number of hydrogen-bond acceptors (Lipinski definition) is 5. The average Bonchev–Trinajstić information content (AvgIpc) is 3.03. The van der Waals surface area contributed by atoms with Crippen LogP contribution in [0.4, 0.5) is 9.52 Å². The Morgan fingerprint density at radius 3 is 2.68 bits per heavy atom. The summed E-state index contributed by atoms with van der Waals surface area (Å²) in [6.07, 6.45) is 0. The van der Waals surface area contributed by atoms with E-state index in [2.05, 4.69) is 20.9 Å². The van der Waals surface area contributed by atoms with Crippen molar-refractivity contribution in [2.75, 3.05) is 38.7 Å². The van der Waals surface area contributed by atoms with E-state index in [1.807, 2.05) is 37.2 Å². The lowest BCUT2D eigenvalue weighted by molar-refractivity contribution is -0.120. The summed E-state index contributed by atoms with van der Waals surface area (Å²) in [6, 6.07) is 11.8. The molecule has 2 aromatic carbocycles. The molecule has 1 aromatic heterocycles. The first-order valence-electron chi connectivity index (χ1n) is 8.32. The van der Waals surface area contributed by atoms with E-state index in [4.69, 9.17) is 4.74 Å². The fourth-order valence-corrected chi connectivity index (χ4v) is 3.97. The summed E-state index contributed by atoms with van der Waals surface area (Å²) in [6.45, 7) is 0.881. The van der Waals surface area contributed by atoms with Gasteiger partial charge in [0.1, 0.15) is 0 Å². The van der Waals surface area contributed by atoms with Crippen LogP contribution < -0.4 is 9.64 Å². The van der Waals surface area contributed by atoms with Gasteiger partial charge in [-0.05, 0) is 44.4 Å². The van der Waals surface area contributed by atoms with E-state index in [9.17, 15) is 9.18 Å².